The van der Waals surface area contributed by atoms with Crippen molar-refractivity contribution in [3.8, 4) is 0 Å². The van der Waals surface area contributed by atoms with Gasteiger partial charge in [-0.3, -0.25) is 13.9 Å². The van der Waals surface area contributed by atoms with Crippen molar-refractivity contribution in [2.45, 2.75) is 79.4 Å². The number of imidazole rings is 1. The van der Waals surface area contributed by atoms with E-state index in [2.05, 4.69) is 23.4 Å². The first-order valence-corrected chi connectivity index (χ1v) is 11.0. The second-order valence-electron chi connectivity index (χ2n) is 6.43. The third-order valence-corrected chi connectivity index (χ3v) is 4.53. The van der Waals surface area contributed by atoms with Crippen molar-refractivity contribution in [1.82, 2.24) is 18.7 Å². The third-order valence-electron chi connectivity index (χ3n) is 4.12. The van der Waals surface area contributed by atoms with Crippen LogP contribution in [0.3, 0.4) is 0 Å². The molecule has 0 saturated carbocycles. The lowest BCUT2D eigenvalue weighted by molar-refractivity contribution is 0.272. The highest BCUT2D eigenvalue weighted by Gasteiger charge is 2.17. The summed E-state index contributed by atoms with van der Waals surface area (Å²) in [6.45, 7) is 9.58. The van der Waals surface area contributed by atoms with Gasteiger partial charge in [-0.1, -0.05) is 40.5 Å². The van der Waals surface area contributed by atoms with Crippen molar-refractivity contribution in [3.63, 3.8) is 0 Å². The lowest BCUT2D eigenvalue weighted by atomic mass is 10.4. The molecular formula is C18H32N4O5P+. The Morgan fingerprint density at radius 3 is 2.14 bits per heavy atom. The number of hydrogen-bond acceptors (Lipinski definition) is 5. The Kier molecular flexibility index (Phi) is 10.9. The summed E-state index contributed by atoms with van der Waals surface area (Å²) in [6.07, 6.45) is 6.04. The standard InChI is InChI=1S/C14H21N4O5P.C4H10/c1-3-6-17-12-11(13(19)18(7-4-2)14(17)20)16(10-15-12)8-5-9-23-24(21)22;1-3-4-2/h10H,3-9H2,1-2H3;3-4H2,1-2H3/p+1. The highest BCUT2D eigenvalue weighted by Crippen LogP contribution is 2.15. The molecule has 28 heavy (non-hydrogen) atoms. The van der Waals surface area contributed by atoms with Crippen LogP contribution in [0.2, 0.25) is 0 Å². The molecule has 2 rings (SSSR count). The normalized spacial score (nSPS) is 11.4. The number of nitrogens with zero attached hydrogens (tertiary/aromatic N) is 4. The van der Waals surface area contributed by atoms with Gasteiger partial charge in [0.2, 0.25) is 0 Å². The lowest BCUT2D eigenvalue weighted by Gasteiger charge is -2.11. The zero-order chi connectivity index (χ0) is 21.1. The van der Waals surface area contributed by atoms with E-state index in [1.807, 2.05) is 13.8 Å². The van der Waals surface area contributed by atoms with Gasteiger partial charge in [0.05, 0.1) is 6.33 Å². The average molecular weight is 415 g/mol. The minimum absolute atomic E-state index is 0.100. The van der Waals surface area contributed by atoms with Crippen LogP contribution >= 0.6 is 8.25 Å². The van der Waals surface area contributed by atoms with E-state index in [9.17, 15) is 14.2 Å². The first kappa shape index (κ1) is 24.2. The second kappa shape index (κ2) is 12.6. The smallest absolute Gasteiger partial charge is 0.325 e. The molecule has 0 radical (unpaired) electrons. The van der Waals surface area contributed by atoms with Crippen LogP contribution in [0.25, 0.3) is 11.2 Å². The van der Waals surface area contributed by atoms with Gasteiger partial charge in [-0.05, 0) is 19.3 Å². The van der Waals surface area contributed by atoms with Crippen molar-refractivity contribution in [2.24, 2.45) is 0 Å². The molecular weight excluding hydrogens is 383 g/mol. The SMILES string of the molecule is CCCC.CCCn1c(=O)c2c(ncn2CCCO[P+](=O)O)n(CCC)c1=O. The van der Waals surface area contributed by atoms with E-state index in [0.29, 0.717) is 43.6 Å². The topological polar surface area (TPSA) is 108 Å². The van der Waals surface area contributed by atoms with E-state index in [1.165, 1.54) is 28.3 Å². The molecule has 0 bridgehead atoms. The van der Waals surface area contributed by atoms with Crippen molar-refractivity contribution in [3.05, 3.63) is 27.2 Å². The molecule has 2 aromatic heterocycles. The average Bonchev–Trinajstić information content (AvgIpc) is 3.09. The van der Waals surface area contributed by atoms with Crippen molar-refractivity contribution < 1.29 is 14.0 Å². The van der Waals surface area contributed by atoms with Gasteiger partial charge in [0, 0.05) is 24.2 Å². The number of hydrogen-bond donors (Lipinski definition) is 1. The van der Waals surface area contributed by atoms with Crippen LogP contribution in [0, 0.1) is 0 Å². The van der Waals surface area contributed by atoms with Crippen LogP contribution in [-0.2, 0) is 28.7 Å². The Morgan fingerprint density at radius 1 is 1.00 bits per heavy atom. The van der Waals surface area contributed by atoms with Gasteiger partial charge in [0.1, 0.15) is 6.61 Å². The van der Waals surface area contributed by atoms with Gasteiger partial charge in [-0.25, -0.2) is 9.78 Å². The monoisotopic (exact) mass is 415 g/mol. The third kappa shape index (κ3) is 6.36. The largest absolute Gasteiger partial charge is 0.694 e. The van der Waals surface area contributed by atoms with Crippen LogP contribution < -0.4 is 11.2 Å². The molecule has 158 valence electrons. The number of fused-ring (bicyclic) bond motifs is 1. The molecule has 1 unspecified atom stereocenters. The van der Waals surface area contributed by atoms with Crippen molar-refractivity contribution >= 4 is 19.4 Å². The molecule has 0 aliphatic heterocycles. The van der Waals surface area contributed by atoms with Gasteiger partial charge >= 0.3 is 13.9 Å². The molecule has 0 saturated heterocycles. The van der Waals surface area contributed by atoms with Crippen LogP contribution in [0.5, 0.6) is 0 Å². The minimum atomic E-state index is -2.62. The molecule has 0 aliphatic carbocycles. The Hall–Kier alpha value is -1.83. The summed E-state index contributed by atoms with van der Waals surface area (Å²) in [5.41, 5.74) is 0.0798. The summed E-state index contributed by atoms with van der Waals surface area (Å²) in [7, 11) is -2.62. The van der Waals surface area contributed by atoms with Gasteiger partial charge in [-0.15, -0.1) is 9.42 Å². The van der Waals surface area contributed by atoms with E-state index >= 15 is 0 Å². The first-order valence-electron chi connectivity index (χ1n) is 9.90. The molecule has 1 atom stereocenters. The maximum Gasteiger partial charge on any atom is 0.694 e. The first-order chi connectivity index (χ1) is 13.4. The van der Waals surface area contributed by atoms with Crippen LogP contribution in [-0.4, -0.2) is 30.2 Å². The summed E-state index contributed by atoms with van der Waals surface area (Å²) >= 11 is 0. The van der Waals surface area contributed by atoms with Gasteiger partial charge in [-0.2, -0.15) is 0 Å². The zero-order valence-electron chi connectivity index (χ0n) is 17.3. The summed E-state index contributed by atoms with van der Waals surface area (Å²) < 4.78 is 19.6. The zero-order valence-corrected chi connectivity index (χ0v) is 18.2. The molecule has 2 aromatic rings. The number of rotatable bonds is 10. The lowest BCUT2D eigenvalue weighted by Crippen LogP contribution is -2.40. The summed E-state index contributed by atoms with van der Waals surface area (Å²) in [5.74, 6) is 0. The summed E-state index contributed by atoms with van der Waals surface area (Å²) in [4.78, 5) is 38.1. The van der Waals surface area contributed by atoms with E-state index in [0.717, 1.165) is 6.42 Å². The molecule has 0 aromatic carbocycles. The summed E-state index contributed by atoms with van der Waals surface area (Å²) in [5, 5.41) is 0. The molecule has 10 heteroatoms. The van der Waals surface area contributed by atoms with Gasteiger partial charge in [0.15, 0.2) is 11.2 Å². The second-order valence-corrected chi connectivity index (χ2v) is 7.16. The Labute approximate surface area is 165 Å². The molecule has 2 heterocycles. The maximum atomic E-state index is 12.7. The van der Waals surface area contributed by atoms with E-state index in [-0.39, 0.29) is 17.9 Å². The quantitative estimate of drug-likeness (QED) is 0.472. The summed E-state index contributed by atoms with van der Waals surface area (Å²) in [6, 6.07) is 0. The fourth-order valence-corrected chi connectivity index (χ4v) is 2.92. The van der Waals surface area contributed by atoms with E-state index < -0.39 is 8.25 Å². The predicted octanol–water partition coefficient (Wildman–Crippen LogP) is 3.04. The molecule has 0 aliphatic rings. The molecule has 0 amide bonds. The molecule has 0 fully saturated rings. The Morgan fingerprint density at radius 2 is 1.61 bits per heavy atom. The van der Waals surface area contributed by atoms with E-state index in [4.69, 9.17) is 4.89 Å². The molecule has 1 N–H and O–H groups in total. The van der Waals surface area contributed by atoms with Crippen molar-refractivity contribution in [2.75, 3.05) is 6.61 Å². The maximum absolute atomic E-state index is 12.7. The molecule has 0 spiro atoms. The van der Waals surface area contributed by atoms with Gasteiger partial charge < -0.3 is 4.57 Å². The number of aromatic nitrogens is 4. The fourth-order valence-electron chi connectivity index (χ4n) is 2.63. The Bertz CT molecular complexity index is 869. The van der Waals surface area contributed by atoms with E-state index in [1.54, 1.807) is 4.57 Å². The predicted molar refractivity (Wildman–Crippen MR) is 110 cm³/mol. The fraction of sp³-hybridized carbons (Fsp3) is 0.722. The van der Waals surface area contributed by atoms with Gasteiger partial charge in [0.25, 0.3) is 5.56 Å². The van der Waals surface area contributed by atoms with Crippen molar-refractivity contribution in [1.29, 1.82) is 0 Å². The highest BCUT2D eigenvalue weighted by atomic mass is 31.1. The molecule has 9 nitrogen and oxygen atoms in total. The van der Waals surface area contributed by atoms with Crippen LogP contribution in [0.1, 0.15) is 59.8 Å². The van der Waals surface area contributed by atoms with Crippen LogP contribution in [0.4, 0.5) is 0 Å². The van der Waals surface area contributed by atoms with Crippen LogP contribution in [0.15, 0.2) is 15.9 Å². The minimum Gasteiger partial charge on any atom is -0.325 e. The Balaban J connectivity index is 0.000000892. The highest BCUT2D eigenvalue weighted by molar-refractivity contribution is 7.32. The number of unbranched alkanes of at least 4 members (excludes halogenated alkanes) is 1. The number of aryl methyl sites for hydroxylation is 2.